The molecule has 1 aromatic heterocycles. The normalized spacial score (nSPS) is 19.5. The highest BCUT2D eigenvalue weighted by Gasteiger charge is 2.28. The van der Waals surface area contributed by atoms with E-state index < -0.39 is 12.0 Å². The average Bonchev–Trinajstić information content (AvgIpc) is 2.97. The van der Waals surface area contributed by atoms with Gasteiger partial charge in [0.2, 0.25) is 5.89 Å². The molecule has 3 rings (SSSR count). The number of nitrogens with one attached hydrogen (secondary N) is 1. The largest absolute Gasteiger partial charge is 0.480 e. The van der Waals surface area contributed by atoms with Gasteiger partial charge in [0, 0.05) is 31.7 Å². The average molecular weight is 287 g/mol. The predicted molar refractivity (Wildman–Crippen MR) is 76.6 cm³/mol. The van der Waals surface area contributed by atoms with Gasteiger partial charge in [-0.2, -0.15) is 0 Å². The fourth-order valence-corrected chi connectivity index (χ4v) is 2.48. The zero-order chi connectivity index (χ0) is 14.7. The third-order valence-corrected chi connectivity index (χ3v) is 3.58. The van der Waals surface area contributed by atoms with E-state index in [1.807, 2.05) is 35.2 Å². The Bertz CT molecular complexity index is 612. The van der Waals surface area contributed by atoms with E-state index in [0.29, 0.717) is 25.5 Å². The summed E-state index contributed by atoms with van der Waals surface area (Å²) >= 11 is 0. The summed E-state index contributed by atoms with van der Waals surface area (Å²) in [5, 5.41) is 12.3. The molecule has 1 fully saturated rings. The maximum absolute atomic E-state index is 11.3. The van der Waals surface area contributed by atoms with Gasteiger partial charge in [0.05, 0.1) is 5.69 Å². The molecule has 0 amide bonds. The van der Waals surface area contributed by atoms with Crippen LogP contribution in [-0.4, -0.2) is 46.6 Å². The Kier molecular flexibility index (Phi) is 3.98. The summed E-state index contributed by atoms with van der Waals surface area (Å²) in [7, 11) is 0. The SMILES string of the molecule is O=C(O)C1CNCCN1Cc1coc(-c2ccccc2)n1. The van der Waals surface area contributed by atoms with Gasteiger partial charge in [0.15, 0.2) is 0 Å². The lowest BCUT2D eigenvalue weighted by Crippen LogP contribution is -2.54. The number of hydrogen-bond donors (Lipinski definition) is 2. The summed E-state index contributed by atoms with van der Waals surface area (Å²) in [4.78, 5) is 17.6. The van der Waals surface area contributed by atoms with Crippen molar-refractivity contribution in [3.8, 4) is 11.5 Å². The summed E-state index contributed by atoms with van der Waals surface area (Å²) in [6.07, 6.45) is 1.60. The fraction of sp³-hybridized carbons (Fsp3) is 0.333. The number of carboxylic acid groups (broad SMARTS) is 1. The van der Waals surface area contributed by atoms with Crippen LogP contribution in [0, 0.1) is 0 Å². The maximum Gasteiger partial charge on any atom is 0.322 e. The second kappa shape index (κ2) is 6.07. The van der Waals surface area contributed by atoms with Crippen LogP contribution in [0.5, 0.6) is 0 Å². The van der Waals surface area contributed by atoms with Crippen LogP contribution >= 0.6 is 0 Å². The predicted octanol–water partition coefficient (Wildman–Crippen LogP) is 1.20. The molecule has 6 heteroatoms. The number of aromatic nitrogens is 1. The quantitative estimate of drug-likeness (QED) is 0.879. The van der Waals surface area contributed by atoms with Gasteiger partial charge < -0.3 is 14.8 Å². The van der Waals surface area contributed by atoms with Gasteiger partial charge in [-0.05, 0) is 12.1 Å². The van der Waals surface area contributed by atoms with Crippen molar-refractivity contribution in [1.82, 2.24) is 15.2 Å². The van der Waals surface area contributed by atoms with Crippen molar-refractivity contribution < 1.29 is 14.3 Å². The minimum atomic E-state index is -0.811. The van der Waals surface area contributed by atoms with Crippen LogP contribution < -0.4 is 5.32 Å². The van der Waals surface area contributed by atoms with E-state index in [1.54, 1.807) is 6.26 Å². The molecule has 0 radical (unpaired) electrons. The Morgan fingerprint density at radius 2 is 2.24 bits per heavy atom. The lowest BCUT2D eigenvalue weighted by atomic mass is 10.2. The molecule has 6 nitrogen and oxygen atoms in total. The van der Waals surface area contributed by atoms with Crippen LogP contribution in [0.4, 0.5) is 0 Å². The van der Waals surface area contributed by atoms with Crippen LogP contribution in [-0.2, 0) is 11.3 Å². The van der Waals surface area contributed by atoms with Gasteiger partial charge in [-0.25, -0.2) is 4.98 Å². The second-order valence-electron chi connectivity index (χ2n) is 5.04. The summed E-state index contributed by atoms with van der Waals surface area (Å²) in [6.45, 7) is 2.41. The lowest BCUT2D eigenvalue weighted by molar-refractivity contribution is -0.144. The van der Waals surface area contributed by atoms with E-state index in [2.05, 4.69) is 10.3 Å². The topological polar surface area (TPSA) is 78.6 Å². The minimum absolute atomic E-state index is 0.457. The number of hydrogen-bond acceptors (Lipinski definition) is 5. The van der Waals surface area contributed by atoms with Gasteiger partial charge in [0.25, 0.3) is 0 Å². The van der Waals surface area contributed by atoms with E-state index >= 15 is 0 Å². The molecule has 1 aliphatic rings. The first-order valence-corrected chi connectivity index (χ1v) is 6.91. The molecular weight excluding hydrogens is 270 g/mol. The van der Waals surface area contributed by atoms with Crippen molar-refractivity contribution in [2.75, 3.05) is 19.6 Å². The Balaban J connectivity index is 1.73. The van der Waals surface area contributed by atoms with Crippen LogP contribution in [0.15, 0.2) is 41.0 Å². The number of carboxylic acids is 1. The number of aliphatic carboxylic acids is 1. The summed E-state index contributed by atoms with van der Waals surface area (Å²) in [6, 6.07) is 9.13. The fourth-order valence-electron chi connectivity index (χ4n) is 2.48. The summed E-state index contributed by atoms with van der Waals surface area (Å²) in [5.74, 6) is -0.249. The van der Waals surface area contributed by atoms with Crippen LogP contribution in [0.1, 0.15) is 5.69 Å². The first-order valence-electron chi connectivity index (χ1n) is 6.91. The molecule has 1 unspecified atom stereocenters. The molecule has 0 spiro atoms. The Morgan fingerprint density at radius 3 is 3.00 bits per heavy atom. The number of oxazole rings is 1. The zero-order valence-corrected chi connectivity index (χ0v) is 11.5. The monoisotopic (exact) mass is 287 g/mol. The Labute approximate surface area is 122 Å². The highest BCUT2D eigenvalue weighted by molar-refractivity contribution is 5.74. The molecule has 2 N–H and O–H groups in total. The number of piperazine rings is 1. The third-order valence-electron chi connectivity index (χ3n) is 3.58. The van der Waals surface area contributed by atoms with Crippen molar-refractivity contribution in [1.29, 1.82) is 0 Å². The van der Waals surface area contributed by atoms with Gasteiger partial charge in [-0.15, -0.1) is 0 Å². The molecule has 1 aromatic carbocycles. The van der Waals surface area contributed by atoms with Crippen LogP contribution in [0.25, 0.3) is 11.5 Å². The third kappa shape index (κ3) is 3.12. The maximum atomic E-state index is 11.3. The van der Waals surface area contributed by atoms with E-state index in [9.17, 15) is 9.90 Å². The van der Waals surface area contributed by atoms with Crippen molar-refractivity contribution in [3.05, 3.63) is 42.3 Å². The number of carbonyl (C=O) groups is 1. The van der Waals surface area contributed by atoms with E-state index in [0.717, 1.165) is 17.8 Å². The van der Waals surface area contributed by atoms with Crippen LogP contribution in [0.3, 0.4) is 0 Å². The molecule has 1 atom stereocenters. The molecule has 0 aliphatic carbocycles. The lowest BCUT2D eigenvalue weighted by Gasteiger charge is -2.32. The zero-order valence-electron chi connectivity index (χ0n) is 11.5. The molecule has 0 saturated carbocycles. The van der Waals surface area contributed by atoms with Crippen molar-refractivity contribution in [2.24, 2.45) is 0 Å². The molecule has 110 valence electrons. The standard InChI is InChI=1S/C15H17N3O3/c19-15(20)13-8-16-6-7-18(13)9-12-10-21-14(17-12)11-4-2-1-3-5-11/h1-5,10,13,16H,6-9H2,(H,19,20). The number of nitrogens with zero attached hydrogens (tertiary/aromatic N) is 2. The molecule has 2 heterocycles. The van der Waals surface area contributed by atoms with Crippen molar-refractivity contribution in [3.63, 3.8) is 0 Å². The first kappa shape index (κ1) is 13.8. The van der Waals surface area contributed by atoms with E-state index in [-0.39, 0.29) is 0 Å². The molecule has 0 bridgehead atoms. The van der Waals surface area contributed by atoms with E-state index in [4.69, 9.17) is 4.42 Å². The Hall–Kier alpha value is -2.18. The van der Waals surface area contributed by atoms with E-state index in [1.165, 1.54) is 0 Å². The smallest absolute Gasteiger partial charge is 0.322 e. The summed E-state index contributed by atoms with van der Waals surface area (Å²) in [5.41, 5.74) is 1.67. The molecule has 1 aliphatic heterocycles. The molecule has 21 heavy (non-hydrogen) atoms. The molecule has 1 saturated heterocycles. The van der Waals surface area contributed by atoms with Gasteiger partial charge in [-0.3, -0.25) is 9.69 Å². The molecular formula is C15H17N3O3. The summed E-state index contributed by atoms with van der Waals surface area (Å²) < 4.78 is 5.49. The van der Waals surface area contributed by atoms with Crippen LogP contribution in [0.2, 0.25) is 0 Å². The minimum Gasteiger partial charge on any atom is -0.480 e. The van der Waals surface area contributed by atoms with Gasteiger partial charge in [0.1, 0.15) is 12.3 Å². The van der Waals surface area contributed by atoms with Crippen molar-refractivity contribution >= 4 is 5.97 Å². The van der Waals surface area contributed by atoms with Crippen molar-refractivity contribution in [2.45, 2.75) is 12.6 Å². The van der Waals surface area contributed by atoms with Gasteiger partial charge >= 0.3 is 5.97 Å². The first-order chi connectivity index (χ1) is 10.2. The number of rotatable bonds is 4. The molecule has 2 aromatic rings. The second-order valence-corrected chi connectivity index (χ2v) is 5.04. The Morgan fingerprint density at radius 1 is 1.43 bits per heavy atom. The highest BCUT2D eigenvalue weighted by Crippen LogP contribution is 2.19. The number of benzene rings is 1. The highest BCUT2D eigenvalue weighted by atomic mass is 16.4. The van der Waals surface area contributed by atoms with Gasteiger partial charge in [-0.1, -0.05) is 18.2 Å².